The predicted molar refractivity (Wildman–Crippen MR) is 96.9 cm³/mol. The first-order valence-electron chi connectivity index (χ1n) is 11.0. The lowest BCUT2D eigenvalue weighted by Gasteiger charge is -2.61. The minimum atomic E-state index is -0.362. The topological polar surface area (TPSA) is 24.7 Å². The van der Waals surface area contributed by atoms with Crippen molar-refractivity contribution in [3.05, 3.63) is 0 Å². The number of quaternary nitrogens is 1. The normalized spacial score (nSPS) is 57.1. The summed E-state index contributed by atoms with van der Waals surface area (Å²) in [7, 11) is 0. The van der Waals surface area contributed by atoms with Gasteiger partial charge in [0.1, 0.15) is 25.2 Å². The molecular weight excluding hydrogens is 294 g/mol. The Kier molecular flexibility index (Phi) is 3.51. The van der Waals surface area contributed by atoms with Crippen molar-refractivity contribution < 1.29 is 10.0 Å². The average Bonchev–Trinajstić information content (AvgIpc) is 3.32. The maximum atomic E-state index is 11.6. The highest BCUT2D eigenvalue weighted by Crippen LogP contribution is 2.68. The molecule has 0 amide bonds. The second kappa shape index (κ2) is 5.22. The largest absolute Gasteiger partial charge is 0.383 e. The standard InChI is InChI=1S/C22H37NO/c1-20-10-4-3-5-16(20)6-7-17-18(20)8-11-21(2)19(17)9-12-22(21,24)15-23-13-14-23/h16-19,24H,3-15H2,1-2H3/p+1/t16-,17-,18+,19-,20+,21+,22-/m1/s1. The summed E-state index contributed by atoms with van der Waals surface area (Å²) >= 11 is 0. The molecule has 0 spiro atoms. The summed E-state index contributed by atoms with van der Waals surface area (Å²) in [6, 6.07) is 0. The molecule has 5 aliphatic rings. The lowest BCUT2D eigenvalue weighted by Crippen LogP contribution is -2.96. The smallest absolute Gasteiger partial charge is 0.127 e. The maximum absolute atomic E-state index is 11.6. The van der Waals surface area contributed by atoms with Gasteiger partial charge in [-0.3, -0.25) is 0 Å². The zero-order valence-electron chi connectivity index (χ0n) is 15.9. The van der Waals surface area contributed by atoms with Crippen molar-refractivity contribution in [1.29, 1.82) is 0 Å². The van der Waals surface area contributed by atoms with Crippen LogP contribution in [-0.2, 0) is 0 Å². The minimum absolute atomic E-state index is 0.210. The fourth-order valence-electron chi connectivity index (χ4n) is 8.37. The minimum Gasteiger partial charge on any atom is -0.383 e. The Morgan fingerprint density at radius 2 is 1.67 bits per heavy atom. The van der Waals surface area contributed by atoms with E-state index < -0.39 is 0 Å². The average molecular weight is 333 g/mol. The van der Waals surface area contributed by atoms with E-state index in [-0.39, 0.29) is 11.0 Å². The van der Waals surface area contributed by atoms with Crippen LogP contribution in [0.25, 0.3) is 0 Å². The third kappa shape index (κ3) is 2.08. The van der Waals surface area contributed by atoms with E-state index in [0.29, 0.717) is 5.41 Å². The number of aliphatic hydroxyl groups is 1. The molecule has 4 saturated carbocycles. The summed E-state index contributed by atoms with van der Waals surface area (Å²) in [5.41, 5.74) is 0.481. The molecule has 24 heavy (non-hydrogen) atoms. The third-order valence-corrected chi connectivity index (χ3v) is 10.1. The first-order chi connectivity index (χ1) is 11.5. The molecule has 5 fully saturated rings. The van der Waals surface area contributed by atoms with Crippen molar-refractivity contribution in [3.8, 4) is 0 Å². The second-order valence-electron chi connectivity index (χ2n) is 10.9. The molecule has 2 heteroatoms. The number of fused-ring (bicyclic) bond motifs is 5. The van der Waals surface area contributed by atoms with Crippen LogP contribution >= 0.6 is 0 Å². The summed E-state index contributed by atoms with van der Waals surface area (Å²) in [5.74, 6) is 3.70. The first kappa shape index (κ1) is 16.1. The number of hydrogen-bond acceptors (Lipinski definition) is 1. The molecule has 1 heterocycles. The molecule has 1 saturated heterocycles. The first-order valence-corrected chi connectivity index (χ1v) is 11.0. The van der Waals surface area contributed by atoms with Crippen LogP contribution in [0.4, 0.5) is 0 Å². The Hall–Kier alpha value is -0.0800. The highest BCUT2D eigenvalue weighted by molar-refractivity contribution is 5.13. The molecule has 7 atom stereocenters. The number of hydrogen-bond donors (Lipinski definition) is 2. The van der Waals surface area contributed by atoms with Gasteiger partial charge in [-0.05, 0) is 80.5 Å². The van der Waals surface area contributed by atoms with Gasteiger partial charge in [-0.2, -0.15) is 0 Å². The van der Waals surface area contributed by atoms with E-state index in [4.69, 9.17) is 0 Å². The Morgan fingerprint density at radius 3 is 2.46 bits per heavy atom. The van der Waals surface area contributed by atoms with Gasteiger partial charge in [0, 0.05) is 5.41 Å². The van der Waals surface area contributed by atoms with Gasteiger partial charge in [0.15, 0.2) is 0 Å². The zero-order chi connectivity index (χ0) is 16.6. The molecule has 5 rings (SSSR count). The van der Waals surface area contributed by atoms with Gasteiger partial charge >= 0.3 is 0 Å². The van der Waals surface area contributed by atoms with Gasteiger partial charge in [-0.1, -0.05) is 26.7 Å². The van der Waals surface area contributed by atoms with E-state index >= 15 is 0 Å². The third-order valence-electron chi connectivity index (χ3n) is 10.1. The van der Waals surface area contributed by atoms with Crippen molar-refractivity contribution in [2.45, 2.75) is 83.7 Å². The van der Waals surface area contributed by atoms with E-state index in [1.54, 1.807) is 4.90 Å². The van der Waals surface area contributed by atoms with Crippen LogP contribution in [-0.4, -0.2) is 30.3 Å². The number of rotatable bonds is 2. The number of nitrogens with one attached hydrogen (secondary N) is 1. The Morgan fingerprint density at radius 1 is 0.875 bits per heavy atom. The van der Waals surface area contributed by atoms with Crippen molar-refractivity contribution in [3.63, 3.8) is 0 Å². The quantitative estimate of drug-likeness (QED) is 0.747. The van der Waals surface area contributed by atoms with Crippen LogP contribution in [0.15, 0.2) is 0 Å². The molecule has 4 aliphatic carbocycles. The van der Waals surface area contributed by atoms with E-state index in [0.717, 1.165) is 36.6 Å². The summed E-state index contributed by atoms with van der Waals surface area (Å²) in [5, 5.41) is 11.6. The van der Waals surface area contributed by atoms with E-state index in [9.17, 15) is 5.11 Å². The summed E-state index contributed by atoms with van der Waals surface area (Å²) in [6.45, 7) is 8.79. The molecule has 2 N–H and O–H groups in total. The van der Waals surface area contributed by atoms with Crippen molar-refractivity contribution in [2.24, 2.45) is 34.5 Å². The molecule has 0 aromatic rings. The van der Waals surface area contributed by atoms with Gasteiger partial charge < -0.3 is 10.0 Å². The molecule has 0 radical (unpaired) electrons. The van der Waals surface area contributed by atoms with Gasteiger partial charge in [0.2, 0.25) is 0 Å². The van der Waals surface area contributed by atoms with Crippen LogP contribution in [0.1, 0.15) is 78.1 Å². The molecule has 136 valence electrons. The molecular formula is C22H38NO+. The van der Waals surface area contributed by atoms with Crippen LogP contribution in [0.3, 0.4) is 0 Å². The SMILES string of the molecule is C[C@]12CCCC[C@@H]1CC[C@H]1[C@H]3CC[C@@](O)(C[NH+]4CC4)[C@@]3(C)CC[C@@H]12. The highest BCUT2D eigenvalue weighted by Gasteiger charge is 2.65. The van der Waals surface area contributed by atoms with Crippen molar-refractivity contribution in [1.82, 2.24) is 0 Å². The lowest BCUT2D eigenvalue weighted by atomic mass is 9.44. The van der Waals surface area contributed by atoms with Gasteiger partial charge in [-0.15, -0.1) is 0 Å². The lowest BCUT2D eigenvalue weighted by molar-refractivity contribution is -0.770. The zero-order valence-corrected chi connectivity index (χ0v) is 15.9. The molecule has 0 unspecified atom stereocenters. The summed E-state index contributed by atoms with van der Waals surface area (Å²) in [6.07, 6.45) is 14.0. The summed E-state index contributed by atoms with van der Waals surface area (Å²) in [4.78, 5) is 1.66. The molecule has 0 aromatic carbocycles. The van der Waals surface area contributed by atoms with Crippen LogP contribution in [0.2, 0.25) is 0 Å². The van der Waals surface area contributed by atoms with Crippen LogP contribution in [0.5, 0.6) is 0 Å². The maximum Gasteiger partial charge on any atom is 0.127 e. The Labute approximate surface area is 148 Å². The fourth-order valence-corrected chi connectivity index (χ4v) is 8.37. The van der Waals surface area contributed by atoms with E-state index in [1.807, 2.05) is 0 Å². The van der Waals surface area contributed by atoms with Gasteiger partial charge in [0.25, 0.3) is 0 Å². The van der Waals surface area contributed by atoms with Gasteiger partial charge in [-0.25, -0.2) is 0 Å². The molecule has 0 aromatic heterocycles. The Bertz CT molecular complexity index is 516. The Balaban J connectivity index is 1.43. The molecule has 1 aliphatic heterocycles. The highest BCUT2D eigenvalue weighted by atomic mass is 16.3. The molecule has 0 bridgehead atoms. The van der Waals surface area contributed by atoms with Crippen molar-refractivity contribution in [2.75, 3.05) is 19.6 Å². The van der Waals surface area contributed by atoms with E-state index in [2.05, 4.69) is 13.8 Å². The summed E-state index contributed by atoms with van der Waals surface area (Å²) < 4.78 is 0. The fraction of sp³-hybridized carbons (Fsp3) is 1.00. The predicted octanol–water partition coefficient (Wildman–Crippen LogP) is 3.05. The monoisotopic (exact) mass is 332 g/mol. The van der Waals surface area contributed by atoms with Crippen molar-refractivity contribution >= 4 is 0 Å². The van der Waals surface area contributed by atoms with Gasteiger partial charge in [0.05, 0.1) is 0 Å². The molecule has 2 nitrogen and oxygen atoms in total. The van der Waals surface area contributed by atoms with Crippen LogP contribution < -0.4 is 4.90 Å². The van der Waals surface area contributed by atoms with E-state index in [1.165, 1.54) is 70.9 Å². The second-order valence-corrected chi connectivity index (χ2v) is 10.9. The van der Waals surface area contributed by atoms with Crippen LogP contribution in [0, 0.1) is 34.5 Å².